The first-order valence-corrected chi connectivity index (χ1v) is 9.89. The highest BCUT2D eigenvalue weighted by molar-refractivity contribution is 6.01. The summed E-state index contributed by atoms with van der Waals surface area (Å²) in [4.78, 5) is 19.2. The van der Waals surface area contributed by atoms with E-state index in [1.807, 2.05) is 49.1 Å². The minimum absolute atomic E-state index is 0.289. The van der Waals surface area contributed by atoms with E-state index in [1.54, 1.807) is 6.07 Å². The number of benzene rings is 3. The van der Waals surface area contributed by atoms with E-state index < -0.39 is 0 Å². The van der Waals surface area contributed by atoms with Gasteiger partial charge in [-0.2, -0.15) is 4.99 Å². The Morgan fingerprint density at radius 3 is 2.14 bits per heavy atom. The molecule has 1 amide bonds. The van der Waals surface area contributed by atoms with Gasteiger partial charge in [0.05, 0.1) is 6.61 Å². The van der Waals surface area contributed by atoms with Crippen LogP contribution in [0.25, 0.3) is 11.1 Å². The van der Waals surface area contributed by atoms with Gasteiger partial charge in [-0.05, 0) is 48.2 Å². The second-order valence-electron chi connectivity index (χ2n) is 7.17. The van der Waals surface area contributed by atoms with Gasteiger partial charge in [-0.1, -0.05) is 66.2 Å². The number of fused-ring (bicyclic) bond motifs is 3. The van der Waals surface area contributed by atoms with Crippen LogP contribution in [0.15, 0.2) is 77.8 Å². The molecule has 0 aliphatic carbocycles. The predicted octanol–water partition coefficient (Wildman–Crippen LogP) is 5.21. The topological polar surface area (TPSA) is 41.9 Å². The van der Waals surface area contributed by atoms with Gasteiger partial charge in [0.1, 0.15) is 0 Å². The third-order valence-corrected chi connectivity index (χ3v) is 5.05. The van der Waals surface area contributed by atoms with Crippen molar-refractivity contribution in [2.75, 3.05) is 6.61 Å². The summed E-state index contributed by atoms with van der Waals surface area (Å²) in [7, 11) is 0. The van der Waals surface area contributed by atoms with Crippen LogP contribution in [0.1, 0.15) is 34.0 Å². The number of hydrogen-bond acceptors (Lipinski definition) is 2. The highest BCUT2D eigenvalue weighted by Gasteiger charge is 2.23. The van der Waals surface area contributed by atoms with Gasteiger partial charge in [0, 0.05) is 18.7 Å². The zero-order chi connectivity index (χ0) is 20.2. The molecule has 3 aromatic carbocycles. The summed E-state index contributed by atoms with van der Waals surface area (Å²) in [6.07, 6.45) is 0. The lowest BCUT2D eigenvalue weighted by molar-refractivity contribution is 0.0993. The smallest absolute Gasteiger partial charge is 0.296 e. The quantitative estimate of drug-likeness (QED) is 0.450. The van der Waals surface area contributed by atoms with Crippen molar-refractivity contribution in [3.8, 4) is 11.1 Å². The number of hydrogen-bond donors (Lipinski definition) is 0. The maximum Gasteiger partial charge on any atom is 0.296 e. The van der Waals surface area contributed by atoms with Crippen molar-refractivity contribution in [1.29, 1.82) is 0 Å². The molecule has 0 unspecified atom stereocenters. The summed E-state index contributed by atoms with van der Waals surface area (Å²) in [5.41, 5.74) is 6.40. The molecule has 0 saturated heterocycles. The first-order chi connectivity index (χ1) is 14.2. The molecular weight excluding hydrogens is 360 g/mol. The molecule has 4 rings (SSSR count). The molecule has 1 heterocycles. The van der Waals surface area contributed by atoms with Crippen LogP contribution in [0, 0.1) is 6.92 Å². The molecule has 1 aliphatic heterocycles. The number of carbonyl (C=O) groups excluding carboxylic acids is 1. The van der Waals surface area contributed by atoms with E-state index in [0.717, 1.165) is 5.56 Å². The minimum Gasteiger partial charge on any atom is -0.465 e. The summed E-state index contributed by atoms with van der Waals surface area (Å²) in [6.45, 7) is 5.58. The number of aryl methyl sites for hydroxylation is 1. The fourth-order valence-electron chi connectivity index (χ4n) is 3.70. The Balaban J connectivity index is 1.74. The van der Waals surface area contributed by atoms with Gasteiger partial charge in [-0.15, -0.1) is 0 Å². The molecule has 0 saturated carbocycles. The predicted molar refractivity (Wildman–Crippen MR) is 116 cm³/mol. The number of nitrogens with zero attached hydrogens (tertiary/aromatic N) is 2. The molecular formula is C25H24N2O2. The standard InChI is InChI=1S/C25H24N2O2/c1-3-29-25(26-24(28)19-12-8-9-18(2)15-19)27-16-20-10-4-6-13-22(20)23-14-7-5-11-21(23)17-27/h4-15H,3,16-17H2,1-2H3. The maximum absolute atomic E-state index is 12.8. The molecule has 29 heavy (non-hydrogen) atoms. The lowest BCUT2D eigenvalue weighted by Crippen LogP contribution is -2.32. The molecule has 0 atom stereocenters. The average molecular weight is 384 g/mol. The van der Waals surface area contributed by atoms with Crippen molar-refractivity contribution in [2.24, 2.45) is 4.99 Å². The van der Waals surface area contributed by atoms with E-state index >= 15 is 0 Å². The number of ether oxygens (including phenoxy) is 1. The second-order valence-corrected chi connectivity index (χ2v) is 7.17. The Morgan fingerprint density at radius 2 is 1.55 bits per heavy atom. The van der Waals surface area contributed by atoms with Crippen molar-refractivity contribution < 1.29 is 9.53 Å². The van der Waals surface area contributed by atoms with Crippen LogP contribution in [-0.4, -0.2) is 23.4 Å². The highest BCUT2D eigenvalue weighted by atomic mass is 16.5. The lowest BCUT2D eigenvalue weighted by Gasteiger charge is -2.24. The molecule has 4 nitrogen and oxygen atoms in total. The van der Waals surface area contributed by atoms with Crippen molar-refractivity contribution in [2.45, 2.75) is 26.9 Å². The average Bonchev–Trinajstić information content (AvgIpc) is 2.90. The van der Waals surface area contributed by atoms with Crippen LogP contribution in [0.3, 0.4) is 0 Å². The van der Waals surface area contributed by atoms with E-state index in [1.165, 1.54) is 22.3 Å². The molecule has 4 heteroatoms. The van der Waals surface area contributed by atoms with Gasteiger partial charge in [0.15, 0.2) is 0 Å². The Morgan fingerprint density at radius 1 is 0.931 bits per heavy atom. The monoisotopic (exact) mass is 384 g/mol. The maximum atomic E-state index is 12.8. The molecule has 3 aromatic rings. The summed E-state index contributed by atoms with van der Waals surface area (Å²) >= 11 is 0. The third-order valence-electron chi connectivity index (χ3n) is 5.05. The van der Waals surface area contributed by atoms with Crippen molar-refractivity contribution in [3.63, 3.8) is 0 Å². The van der Waals surface area contributed by atoms with Crippen molar-refractivity contribution >= 4 is 11.9 Å². The fraction of sp³-hybridized carbons (Fsp3) is 0.200. The molecule has 0 radical (unpaired) electrons. The van der Waals surface area contributed by atoms with E-state index in [2.05, 4.69) is 41.4 Å². The molecule has 0 N–H and O–H groups in total. The van der Waals surface area contributed by atoms with Crippen LogP contribution in [0.5, 0.6) is 0 Å². The summed E-state index contributed by atoms with van der Waals surface area (Å²) < 4.78 is 5.84. The Labute approximate surface area is 171 Å². The molecule has 0 fully saturated rings. The Kier molecular flexibility index (Phi) is 5.43. The number of amidine groups is 1. The van der Waals surface area contributed by atoms with Crippen LogP contribution in [0.2, 0.25) is 0 Å². The number of aliphatic imine (C=N–C) groups is 1. The van der Waals surface area contributed by atoms with Gasteiger partial charge in [-0.3, -0.25) is 4.79 Å². The van der Waals surface area contributed by atoms with Gasteiger partial charge < -0.3 is 9.64 Å². The zero-order valence-electron chi connectivity index (χ0n) is 16.8. The highest BCUT2D eigenvalue weighted by Crippen LogP contribution is 2.32. The SMILES string of the molecule is CCOC(=NC(=O)c1cccc(C)c1)N1Cc2ccccc2-c2ccccc2C1. The Bertz CT molecular complexity index is 1020. The van der Waals surface area contributed by atoms with Crippen LogP contribution in [-0.2, 0) is 17.8 Å². The van der Waals surface area contributed by atoms with Crippen LogP contribution >= 0.6 is 0 Å². The van der Waals surface area contributed by atoms with Gasteiger partial charge in [0.2, 0.25) is 0 Å². The number of amides is 1. The normalized spacial score (nSPS) is 13.3. The molecule has 1 aliphatic rings. The van der Waals surface area contributed by atoms with E-state index in [-0.39, 0.29) is 5.91 Å². The summed E-state index contributed by atoms with van der Waals surface area (Å²) in [6, 6.07) is 24.6. The molecule has 0 spiro atoms. The van der Waals surface area contributed by atoms with Crippen LogP contribution < -0.4 is 0 Å². The third kappa shape index (κ3) is 4.06. The minimum atomic E-state index is -0.289. The number of carbonyl (C=O) groups is 1. The van der Waals surface area contributed by atoms with Gasteiger partial charge in [-0.25, -0.2) is 0 Å². The van der Waals surface area contributed by atoms with Crippen LogP contribution in [0.4, 0.5) is 0 Å². The second kappa shape index (κ2) is 8.31. The first kappa shape index (κ1) is 18.9. The van der Waals surface area contributed by atoms with E-state index in [9.17, 15) is 4.79 Å². The Hall–Kier alpha value is -3.40. The van der Waals surface area contributed by atoms with Crippen molar-refractivity contribution in [3.05, 3.63) is 95.1 Å². The van der Waals surface area contributed by atoms with E-state index in [4.69, 9.17) is 4.74 Å². The summed E-state index contributed by atoms with van der Waals surface area (Å²) in [5.74, 6) is -0.289. The molecule has 0 aromatic heterocycles. The zero-order valence-corrected chi connectivity index (χ0v) is 16.8. The lowest BCUT2D eigenvalue weighted by atomic mass is 9.97. The number of rotatable bonds is 2. The largest absolute Gasteiger partial charge is 0.465 e. The summed E-state index contributed by atoms with van der Waals surface area (Å²) in [5, 5.41) is 0. The van der Waals surface area contributed by atoms with E-state index in [0.29, 0.717) is 31.3 Å². The molecule has 0 bridgehead atoms. The fourth-order valence-corrected chi connectivity index (χ4v) is 3.70. The first-order valence-electron chi connectivity index (χ1n) is 9.89. The van der Waals surface area contributed by atoms with Gasteiger partial charge >= 0.3 is 0 Å². The van der Waals surface area contributed by atoms with Gasteiger partial charge in [0.25, 0.3) is 11.9 Å². The molecule has 146 valence electrons. The van der Waals surface area contributed by atoms with Crippen molar-refractivity contribution in [1.82, 2.24) is 4.90 Å².